The first-order valence-corrected chi connectivity index (χ1v) is 9.22. The van der Waals surface area contributed by atoms with Gasteiger partial charge in [0.1, 0.15) is 5.76 Å². The Hall–Kier alpha value is -2.13. The van der Waals surface area contributed by atoms with Crippen LogP contribution in [0.15, 0.2) is 33.3 Å². The molecule has 7 nitrogen and oxygen atoms in total. The molecule has 3 aromatic rings. The van der Waals surface area contributed by atoms with Crippen LogP contribution in [-0.2, 0) is 11.3 Å². The van der Waals surface area contributed by atoms with Crippen LogP contribution < -0.4 is 5.32 Å². The predicted octanol–water partition coefficient (Wildman–Crippen LogP) is 3.44. The Labute approximate surface area is 147 Å². The van der Waals surface area contributed by atoms with Gasteiger partial charge in [-0.1, -0.05) is 23.0 Å². The minimum Gasteiger partial charge on any atom is -0.360 e. The highest BCUT2D eigenvalue weighted by Gasteiger charge is 2.21. The van der Waals surface area contributed by atoms with Crippen LogP contribution in [0.3, 0.4) is 0 Å². The van der Waals surface area contributed by atoms with E-state index in [4.69, 9.17) is 4.52 Å². The van der Waals surface area contributed by atoms with E-state index in [9.17, 15) is 4.79 Å². The number of thiophene rings is 1. The minimum absolute atomic E-state index is 0.156. The van der Waals surface area contributed by atoms with Gasteiger partial charge >= 0.3 is 0 Å². The fourth-order valence-corrected chi connectivity index (χ4v) is 3.74. The molecule has 0 aliphatic carbocycles. The molecule has 3 aromatic heterocycles. The van der Waals surface area contributed by atoms with Gasteiger partial charge in [-0.25, -0.2) is 0 Å². The van der Waals surface area contributed by atoms with Crippen molar-refractivity contribution in [3.63, 3.8) is 0 Å². The lowest BCUT2D eigenvalue weighted by Crippen LogP contribution is -2.23. The van der Waals surface area contributed by atoms with Crippen LogP contribution in [0, 0.1) is 6.92 Å². The standard InChI is InChI=1S/C15H17N5O2S2/c1-4-20-13(11-6-5-7-23-11)17-18-15(20)24-10(3)14(21)16-12-8-9(2)22-19-12/h5-8,10H,4H2,1-3H3,(H,16,19,21)/t10-/m0/s1. The molecular formula is C15H17N5O2S2. The van der Waals surface area contributed by atoms with Crippen molar-refractivity contribution < 1.29 is 9.32 Å². The van der Waals surface area contributed by atoms with Crippen LogP contribution in [-0.4, -0.2) is 31.1 Å². The quantitative estimate of drug-likeness (QED) is 0.675. The van der Waals surface area contributed by atoms with Crippen molar-refractivity contribution in [2.75, 3.05) is 5.32 Å². The van der Waals surface area contributed by atoms with Gasteiger partial charge in [-0.05, 0) is 32.2 Å². The second-order valence-electron chi connectivity index (χ2n) is 5.10. The van der Waals surface area contributed by atoms with Crippen LogP contribution in [0.25, 0.3) is 10.7 Å². The number of anilines is 1. The molecular weight excluding hydrogens is 346 g/mol. The lowest BCUT2D eigenvalue weighted by Gasteiger charge is -2.11. The Morgan fingerprint density at radius 1 is 1.50 bits per heavy atom. The first kappa shape index (κ1) is 16.7. The summed E-state index contributed by atoms with van der Waals surface area (Å²) in [5, 5.41) is 17.4. The molecule has 3 rings (SSSR count). The van der Waals surface area contributed by atoms with Crippen LogP contribution in [0.1, 0.15) is 19.6 Å². The number of rotatable bonds is 6. The van der Waals surface area contributed by atoms with Crippen LogP contribution in [0.5, 0.6) is 0 Å². The highest BCUT2D eigenvalue weighted by Crippen LogP contribution is 2.29. The van der Waals surface area contributed by atoms with Crippen molar-refractivity contribution in [1.29, 1.82) is 0 Å². The average molecular weight is 363 g/mol. The number of carbonyl (C=O) groups excluding carboxylic acids is 1. The number of amides is 1. The molecule has 1 atom stereocenters. The summed E-state index contributed by atoms with van der Waals surface area (Å²) in [4.78, 5) is 13.4. The summed E-state index contributed by atoms with van der Waals surface area (Å²) in [6, 6.07) is 5.68. The van der Waals surface area contributed by atoms with E-state index in [2.05, 4.69) is 20.7 Å². The average Bonchev–Trinajstić information content (AvgIpc) is 3.27. The molecule has 0 bridgehead atoms. The van der Waals surface area contributed by atoms with Gasteiger partial charge < -0.3 is 14.4 Å². The van der Waals surface area contributed by atoms with E-state index in [1.54, 1.807) is 24.3 Å². The van der Waals surface area contributed by atoms with Gasteiger partial charge in [0.15, 0.2) is 16.8 Å². The zero-order valence-electron chi connectivity index (χ0n) is 13.5. The van der Waals surface area contributed by atoms with Crippen molar-refractivity contribution in [2.45, 2.75) is 37.7 Å². The number of carbonyl (C=O) groups is 1. The Balaban J connectivity index is 1.72. The molecule has 0 radical (unpaired) electrons. The van der Waals surface area contributed by atoms with Crippen molar-refractivity contribution in [2.24, 2.45) is 0 Å². The third-order valence-corrected chi connectivity index (χ3v) is 5.25. The van der Waals surface area contributed by atoms with E-state index in [1.165, 1.54) is 11.8 Å². The first-order chi connectivity index (χ1) is 11.6. The van der Waals surface area contributed by atoms with Gasteiger partial charge in [-0.2, -0.15) is 0 Å². The molecule has 3 heterocycles. The smallest absolute Gasteiger partial charge is 0.238 e. The molecule has 126 valence electrons. The zero-order valence-corrected chi connectivity index (χ0v) is 15.1. The van der Waals surface area contributed by atoms with Crippen molar-refractivity contribution in [3.05, 3.63) is 29.3 Å². The second-order valence-corrected chi connectivity index (χ2v) is 7.36. The summed E-state index contributed by atoms with van der Waals surface area (Å²) in [5.41, 5.74) is 0. The fourth-order valence-electron chi connectivity index (χ4n) is 2.11. The van der Waals surface area contributed by atoms with Crippen LogP contribution in [0.4, 0.5) is 5.82 Å². The number of aromatic nitrogens is 4. The van der Waals surface area contributed by atoms with E-state index in [0.717, 1.165) is 22.4 Å². The molecule has 24 heavy (non-hydrogen) atoms. The number of thioether (sulfide) groups is 1. The Morgan fingerprint density at radius 2 is 2.33 bits per heavy atom. The maximum absolute atomic E-state index is 12.3. The van der Waals surface area contributed by atoms with Crippen LogP contribution >= 0.6 is 23.1 Å². The second kappa shape index (κ2) is 7.18. The summed E-state index contributed by atoms with van der Waals surface area (Å²) in [6.45, 7) is 6.37. The van der Waals surface area contributed by atoms with E-state index in [0.29, 0.717) is 11.6 Å². The SMILES string of the molecule is CCn1c(S[C@@H](C)C(=O)Nc2cc(C)on2)nnc1-c1cccs1. The monoisotopic (exact) mass is 363 g/mol. The summed E-state index contributed by atoms with van der Waals surface area (Å²) < 4.78 is 6.96. The summed E-state index contributed by atoms with van der Waals surface area (Å²) in [5.74, 6) is 1.74. The van der Waals surface area contributed by atoms with Gasteiger partial charge in [0.05, 0.1) is 10.1 Å². The number of hydrogen-bond acceptors (Lipinski definition) is 7. The number of aryl methyl sites for hydroxylation is 1. The molecule has 1 N–H and O–H groups in total. The normalized spacial score (nSPS) is 12.3. The first-order valence-electron chi connectivity index (χ1n) is 7.46. The number of hydrogen-bond donors (Lipinski definition) is 1. The molecule has 0 spiro atoms. The Kier molecular flexibility index (Phi) is 5.00. The lowest BCUT2D eigenvalue weighted by molar-refractivity contribution is -0.115. The fraction of sp³-hybridized carbons (Fsp3) is 0.333. The largest absolute Gasteiger partial charge is 0.360 e. The molecule has 0 aromatic carbocycles. The summed E-state index contributed by atoms with van der Waals surface area (Å²) in [7, 11) is 0. The number of nitrogens with one attached hydrogen (secondary N) is 1. The topological polar surface area (TPSA) is 85.8 Å². The van der Waals surface area contributed by atoms with Gasteiger partial charge in [0.25, 0.3) is 0 Å². The molecule has 9 heteroatoms. The third-order valence-electron chi connectivity index (χ3n) is 3.31. The highest BCUT2D eigenvalue weighted by molar-refractivity contribution is 8.00. The van der Waals surface area contributed by atoms with E-state index in [-0.39, 0.29) is 11.2 Å². The maximum atomic E-state index is 12.3. The molecule has 0 aliphatic heterocycles. The molecule has 0 fully saturated rings. The molecule has 0 aliphatic rings. The van der Waals surface area contributed by atoms with E-state index >= 15 is 0 Å². The van der Waals surface area contributed by atoms with Crippen LogP contribution in [0.2, 0.25) is 0 Å². The van der Waals surface area contributed by atoms with Gasteiger partial charge in [-0.15, -0.1) is 21.5 Å². The molecule has 0 saturated carbocycles. The molecule has 0 unspecified atom stereocenters. The maximum Gasteiger partial charge on any atom is 0.238 e. The Bertz CT molecular complexity index is 825. The summed E-state index contributed by atoms with van der Waals surface area (Å²) in [6.07, 6.45) is 0. The predicted molar refractivity (Wildman–Crippen MR) is 94.2 cm³/mol. The van der Waals surface area contributed by atoms with E-state index in [1.807, 2.05) is 35.9 Å². The van der Waals surface area contributed by atoms with Crippen molar-refractivity contribution in [1.82, 2.24) is 19.9 Å². The van der Waals surface area contributed by atoms with Crippen molar-refractivity contribution >= 4 is 34.8 Å². The van der Waals surface area contributed by atoms with E-state index < -0.39 is 0 Å². The number of nitrogens with zero attached hydrogens (tertiary/aromatic N) is 4. The van der Waals surface area contributed by atoms with Gasteiger partial charge in [0, 0.05) is 12.6 Å². The lowest BCUT2D eigenvalue weighted by atomic mass is 10.4. The minimum atomic E-state index is -0.340. The van der Waals surface area contributed by atoms with Crippen molar-refractivity contribution in [3.8, 4) is 10.7 Å². The zero-order chi connectivity index (χ0) is 17.1. The molecule has 0 saturated heterocycles. The van der Waals surface area contributed by atoms with Gasteiger partial charge in [0.2, 0.25) is 5.91 Å². The highest BCUT2D eigenvalue weighted by atomic mass is 32.2. The third kappa shape index (κ3) is 3.51. The Morgan fingerprint density at radius 3 is 2.96 bits per heavy atom. The molecule has 1 amide bonds. The summed E-state index contributed by atoms with van der Waals surface area (Å²) >= 11 is 2.99. The van der Waals surface area contributed by atoms with Gasteiger partial charge in [-0.3, -0.25) is 4.79 Å².